The highest BCUT2D eigenvalue weighted by Gasteiger charge is 2.13. The minimum Gasteiger partial charge on any atom is -0.398 e. The average molecular weight is 336 g/mol. The molecule has 2 aromatic carbocycles. The molecule has 3 rings (SSSR count). The van der Waals surface area contributed by atoms with Gasteiger partial charge >= 0.3 is 0 Å². The number of nitrogens with one attached hydrogen (secondary N) is 1. The minimum absolute atomic E-state index is 0.0963. The first-order valence-electron chi connectivity index (χ1n) is 7.43. The fraction of sp³-hybridized carbons (Fsp3) is 0. The lowest BCUT2D eigenvalue weighted by molar-refractivity contribution is 0.627. The van der Waals surface area contributed by atoms with Crippen LogP contribution in [0.15, 0.2) is 60.9 Å². The second-order valence-corrected chi connectivity index (χ2v) is 5.29. The Morgan fingerprint density at radius 2 is 1.72 bits per heavy atom. The molecule has 0 bridgehead atoms. The molecule has 1 heterocycles. The first kappa shape index (κ1) is 16.4. The molecule has 124 valence electrons. The van der Waals surface area contributed by atoms with Crippen LogP contribution in [0.1, 0.15) is 11.1 Å². The van der Waals surface area contributed by atoms with Gasteiger partial charge in [0.05, 0.1) is 11.3 Å². The summed E-state index contributed by atoms with van der Waals surface area (Å²) in [6.45, 7) is 0. The Hall–Kier alpha value is -3.41. The number of nitrogens with two attached hydrogens (primary N) is 1. The number of anilines is 1. The van der Waals surface area contributed by atoms with Gasteiger partial charge in [-0.3, -0.25) is 0 Å². The first-order valence-corrected chi connectivity index (χ1v) is 7.43. The van der Waals surface area contributed by atoms with Crippen molar-refractivity contribution in [2.45, 2.75) is 0 Å². The average Bonchev–Trinajstić information content (AvgIpc) is 2.62. The van der Waals surface area contributed by atoms with Crippen molar-refractivity contribution < 1.29 is 8.78 Å². The number of allylic oxidation sites excluding steroid dienone is 1. The van der Waals surface area contributed by atoms with Crippen LogP contribution in [0.25, 0.3) is 17.5 Å². The maximum Gasteiger partial charge on any atom is 0.162 e. The van der Waals surface area contributed by atoms with Gasteiger partial charge < -0.3 is 11.1 Å². The van der Waals surface area contributed by atoms with E-state index in [0.29, 0.717) is 5.56 Å². The zero-order valence-corrected chi connectivity index (χ0v) is 13.1. The van der Waals surface area contributed by atoms with E-state index in [-0.39, 0.29) is 28.6 Å². The summed E-state index contributed by atoms with van der Waals surface area (Å²) >= 11 is 0. The summed E-state index contributed by atoms with van der Waals surface area (Å²) in [5.74, 6) is -0.665. The molecule has 3 aromatic rings. The minimum atomic E-state index is -0.553. The Balaban J connectivity index is 1.93. The normalized spacial score (nSPS) is 11.0. The maximum atomic E-state index is 14.2. The van der Waals surface area contributed by atoms with Gasteiger partial charge in [0.2, 0.25) is 0 Å². The van der Waals surface area contributed by atoms with E-state index in [1.807, 2.05) is 0 Å². The number of aromatic nitrogens is 2. The summed E-state index contributed by atoms with van der Waals surface area (Å²) < 4.78 is 27.1. The van der Waals surface area contributed by atoms with E-state index in [1.165, 1.54) is 36.7 Å². The summed E-state index contributed by atoms with van der Waals surface area (Å²) in [5.41, 5.74) is 7.36. The molecule has 1 aromatic heterocycles. The highest BCUT2D eigenvalue weighted by Crippen LogP contribution is 2.25. The van der Waals surface area contributed by atoms with Crippen molar-refractivity contribution >= 4 is 17.5 Å². The lowest BCUT2D eigenvalue weighted by atomic mass is 10.0. The second kappa shape index (κ2) is 7.00. The number of nitrogens with zero attached hydrogens (tertiary/aromatic N) is 2. The van der Waals surface area contributed by atoms with Gasteiger partial charge in [-0.2, -0.15) is 0 Å². The molecule has 0 amide bonds. The molecule has 0 unspecified atom stereocenters. The SMILES string of the molecule is N=C(/C=C/c1ccc(F)cc1)c1cc(-c2ncccn2)c(F)cc1N. The van der Waals surface area contributed by atoms with Crippen LogP contribution < -0.4 is 5.73 Å². The summed E-state index contributed by atoms with van der Waals surface area (Å²) in [7, 11) is 0. The molecule has 0 atom stereocenters. The smallest absolute Gasteiger partial charge is 0.162 e. The Morgan fingerprint density at radius 1 is 1.04 bits per heavy atom. The molecule has 0 aliphatic rings. The number of hydrogen-bond donors (Lipinski definition) is 2. The number of halogens is 2. The maximum absolute atomic E-state index is 14.2. The van der Waals surface area contributed by atoms with Gasteiger partial charge in [0.15, 0.2) is 5.82 Å². The molecule has 0 aliphatic heterocycles. The van der Waals surface area contributed by atoms with Crippen LogP contribution >= 0.6 is 0 Å². The number of hydrogen-bond acceptors (Lipinski definition) is 4. The molecule has 0 aliphatic carbocycles. The molecule has 25 heavy (non-hydrogen) atoms. The molecular weight excluding hydrogens is 322 g/mol. The monoisotopic (exact) mass is 336 g/mol. The van der Waals surface area contributed by atoms with Crippen LogP contribution in [-0.4, -0.2) is 15.7 Å². The lowest BCUT2D eigenvalue weighted by Gasteiger charge is -2.08. The molecule has 3 N–H and O–H groups in total. The zero-order valence-electron chi connectivity index (χ0n) is 13.1. The molecule has 0 saturated carbocycles. The van der Waals surface area contributed by atoms with E-state index in [2.05, 4.69) is 9.97 Å². The van der Waals surface area contributed by atoms with Gasteiger partial charge in [-0.05, 0) is 42.0 Å². The fourth-order valence-corrected chi connectivity index (χ4v) is 2.27. The Kier molecular flexibility index (Phi) is 4.61. The number of rotatable bonds is 4. The summed E-state index contributed by atoms with van der Waals surface area (Å²) in [6, 6.07) is 10.1. The van der Waals surface area contributed by atoms with Crippen LogP contribution in [0.3, 0.4) is 0 Å². The predicted octanol–water partition coefficient (Wildman–Crippen LogP) is 4.09. The van der Waals surface area contributed by atoms with Gasteiger partial charge in [0, 0.05) is 23.6 Å². The third-order valence-corrected chi connectivity index (χ3v) is 3.55. The second-order valence-electron chi connectivity index (χ2n) is 5.29. The van der Waals surface area contributed by atoms with Crippen molar-refractivity contribution in [1.82, 2.24) is 9.97 Å². The summed E-state index contributed by atoms with van der Waals surface area (Å²) in [4.78, 5) is 8.05. The van der Waals surface area contributed by atoms with Gasteiger partial charge in [-0.1, -0.05) is 18.2 Å². The molecule has 6 heteroatoms. The zero-order chi connectivity index (χ0) is 17.8. The van der Waals surface area contributed by atoms with Crippen LogP contribution in [0.5, 0.6) is 0 Å². The largest absolute Gasteiger partial charge is 0.398 e. The van der Waals surface area contributed by atoms with Crippen LogP contribution in [0.2, 0.25) is 0 Å². The van der Waals surface area contributed by atoms with Crippen molar-refractivity contribution in [3.63, 3.8) is 0 Å². The van der Waals surface area contributed by atoms with Crippen LogP contribution in [0, 0.1) is 17.0 Å². The van der Waals surface area contributed by atoms with Gasteiger partial charge in [-0.15, -0.1) is 0 Å². The van der Waals surface area contributed by atoms with Crippen molar-refractivity contribution in [3.8, 4) is 11.4 Å². The molecule has 0 radical (unpaired) electrons. The van der Waals surface area contributed by atoms with E-state index in [4.69, 9.17) is 11.1 Å². The van der Waals surface area contributed by atoms with Gasteiger partial charge in [-0.25, -0.2) is 18.7 Å². The van der Waals surface area contributed by atoms with Gasteiger partial charge in [0.1, 0.15) is 11.6 Å². The number of benzene rings is 2. The van der Waals surface area contributed by atoms with Crippen molar-refractivity contribution in [3.05, 3.63) is 83.7 Å². The standard InChI is InChI=1S/C19H14F2N4/c20-13-5-2-12(3-6-13)4-7-17(22)15-10-14(16(21)11-18(15)23)19-24-8-1-9-25-19/h1-11,22H,23H2/b7-4+,22-17?. The molecule has 0 fully saturated rings. The van der Waals surface area contributed by atoms with Crippen LogP contribution in [0.4, 0.5) is 14.5 Å². The Labute approximate surface area is 143 Å². The third kappa shape index (κ3) is 3.74. The fourth-order valence-electron chi connectivity index (χ4n) is 2.27. The Morgan fingerprint density at radius 3 is 2.40 bits per heavy atom. The quantitative estimate of drug-likeness (QED) is 0.557. The van der Waals surface area contributed by atoms with Crippen LogP contribution in [-0.2, 0) is 0 Å². The third-order valence-electron chi connectivity index (χ3n) is 3.55. The van der Waals surface area contributed by atoms with E-state index in [0.717, 1.165) is 11.6 Å². The van der Waals surface area contributed by atoms with Crippen molar-refractivity contribution in [2.24, 2.45) is 0 Å². The molecule has 0 spiro atoms. The first-order chi connectivity index (χ1) is 12.0. The highest BCUT2D eigenvalue weighted by atomic mass is 19.1. The molecule has 0 saturated heterocycles. The molecular formula is C19H14F2N4. The molecule has 4 nitrogen and oxygen atoms in total. The van der Waals surface area contributed by atoms with E-state index >= 15 is 0 Å². The predicted molar refractivity (Wildman–Crippen MR) is 94.1 cm³/mol. The highest BCUT2D eigenvalue weighted by molar-refractivity contribution is 6.12. The van der Waals surface area contributed by atoms with E-state index in [9.17, 15) is 8.78 Å². The Bertz CT molecular complexity index is 936. The van der Waals surface area contributed by atoms with E-state index < -0.39 is 5.82 Å². The van der Waals surface area contributed by atoms with Crippen molar-refractivity contribution in [1.29, 1.82) is 5.41 Å². The summed E-state index contributed by atoms with van der Waals surface area (Å²) in [6.07, 6.45) is 6.20. The summed E-state index contributed by atoms with van der Waals surface area (Å²) in [5, 5.41) is 8.19. The lowest BCUT2D eigenvalue weighted by Crippen LogP contribution is -2.04. The van der Waals surface area contributed by atoms with E-state index in [1.54, 1.807) is 24.3 Å². The van der Waals surface area contributed by atoms with Crippen molar-refractivity contribution in [2.75, 3.05) is 5.73 Å². The number of nitrogen functional groups attached to an aromatic ring is 1. The topological polar surface area (TPSA) is 75.7 Å². The van der Waals surface area contributed by atoms with Gasteiger partial charge in [0.25, 0.3) is 0 Å².